The Morgan fingerprint density at radius 3 is 2.60 bits per heavy atom. The van der Waals surface area contributed by atoms with Crippen LogP contribution in [-0.2, 0) is 10.0 Å². The predicted octanol–water partition coefficient (Wildman–Crippen LogP) is 1.19. The number of aromatic carboxylic acids is 1. The van der Waals surface area contributed by atoms with Crippen molar-refractivity contribution < 1.29 is 27.9 Å². The van der Waals surface area contributed by atoms with Gasteiger partial charge in [-0.1, -0.05) is 5.16 Å². The second kappa shape index (κ2) is 4.85. The standard InChI is InChI=1S/C11H10N2O6S/c1-6-4-10(12-19-6)13-20(17,18)7-2-3-9(14)8(5-7)11(15)16/h2-5,14H,1H3,(H,12,13)(H,15,16). The molecule has 0 bridgehead atoms. The highest BCUT2D eigenvalue weighted by atomic mass is 32.2. The lowest BCUT2D eigenvalue weighted by Gasteiger charge is -2.06. The van der Waals surface area contributed by atoms with Gasteiger partial charge < -0.3 is 14.7 Å². The first-order valence-corrected chi connectivity index (χ1v) is 6.80. The summed E-state index contributed by atoms with van der Waals surface area (Å²) in [6.07, 6.45) is 0. The largest absolute Gasteiger partial charge is 0.507 e. The van der Waals surface area contributed by atoms with Gasteiger partial charge in [0.05, 0.1) is 4.90 Å². The number of rotatable bonds is 4. The molecule has 0 amide bonds. The van der Waals surface area contributed by atoms with Crippen LogP contribution in [0.2, 0.25) is 0 Å². The second-order valence-electron chi connectivity index (χ2n) is 3.91. The molecule has 2 rings (SSSR count). The quantitative estimate of drug-likeness (QED) is 0.772. The van der Waals surface area contributed by atoms with Gasteiger partial charge in [-0.3, -0.25) is 4.72 Å². The Morgan fingerprint density at radius 1 is 1.35 bits per heavy atom. The third-order valence-corrected chi connectivity index (χ3v) is 3.73. The maximum absolute atomic E-state index is 12.0. The lowest BCUT2D eigenvalue weighted by Crippen LogP contribution is -2.14. The van der Waals surface area contributed by atoms with E-state index < -0.39 is 27.3 Å². The van der Waals surface area contributed by atoms with Crippen molar-refractivity contribution in [1.29, 1.82) is 0 Å². The van der Waals surface area contributed by atoms with Crippen molar-refractivity contribution in [2.75, 3.05) is 4.72 Å². The van der Waals surface area contributed by atoms with Crippen LogP contribution in [0.4, 0.5) is 5.82 Å². The zero-order valence-electron chi connectivity index (χ0n) is 10.2. The minimum absolute atomic E-state index is 0.0209. The summed E-state index contributed by atoms with van der Waals surface area (Å²) in [5.74, 6) is -1.56. The Balaban J connectivity index is 2.39. The third kappa shape index (κ3) is 2.72. The van der Waals surface area contributed by atoms with E-state index in [1.807, 2.05) is 0 Å². The first kappa shape index (κ1) is 13.9. The average molecular weight is 298 g/mol. The summed E-state index contributed by atoms with van der Waals surface area (Å²) >= 11 is 0. The van der Waals surface area contributed by atoms with Gasteiger partial charge in [-0.2, -0.15) is 0 Å². The molecular weight excluding hydrogens is 288 g/mol. The highest BCUT2D eigenvalue weighted by molar-refractivity contribution is 7.92. The number of aromatic nitrogens is 1. The first-order valence-electron chi connectivity index (χ1n) is 5.32. The van der Waals surface area contributed by atoms with E-state index in [2.05, 4.69) is 9.88 Å². The van der Waals surface area contributed by atoms with Crippen LogP contribution in [-0.4, -0.2) is 29.8 Å². The molecule has 0 unspecified atom stereocenters. The number of hydrogen-bond donors (Lipinski definition) is 3. The van der Waals surface area contributed by atoms with Crippen LogP contribution in [0.15, 0.2) is 33.7 Å². The van der Waals surface area contributed by atoms with E-state index >= 15 is 0 Å². The second-order valence-corrected chi connectivity index (χ2v) is 5.59. The van der Waals surface area contributed by atoms with Crippen molar-refractivity contribution in [3.05, 3.63) is 35.6 Å². The number of benzene rings is 1. The fraction of sp³-hybridized carbons (Fsp3) is 0.0909. The summed E-state index contributed by atoms with van der Waals surface area (Å²) in [6.45, 7) is 1.59. The van der Waals surface area contributed by atoms with Crippen molar-refractivity contribution >= 4 is 21.8 Å². The lowest BCUT2D eigenvalue weighted by molar-refractivity contribution is 0.0693. The molecule has 0 aliphatic carbocycles. The van der Waals surface area contributed by atoms with Crippen LogP contribution in [0.1, 0.15) is 16.1 Å². The number of sulfonamides is 1. The third-order valence-electron chi connectivity index (χ3n) is 2.38. The highest BCUT2D eigenvalue weighted by Crippen LogP contribution is 2.23. The number of nitrogens with zero attached hydrogens (tertiary/aromatic N) is 1. The molecule has 106 valence electrons. The number of phenols is 1. The molecule has 0 radical (unpaired) electrons. The Hall–Kier alpha value is -2.55. The molecule has 0 spiro atoms. The summed E-state index contributed by atoms with van der Waals surface area (Å²) in [5.41, 5.74) is -0.510. The van der Waals surface area contributed by atoms with Crippen LogP contribution in [0.25, 0.3) is 0 Å². The zero-order valence-corrected chi connectivity index (χ0v) is 11.0. The number of carbonyl (C=O) groups is 1. The van der Waals surface area contributed by atoms with Crippen molar-refractivity contribution in [3.63, 3.8) is 0 Å². The number of carboxylic acid groups (broad SMARTS) is 1. The van der Waals surface area contributed by atoms with Gasteiger partial charge in [0.2, 0.25) is 0 Å². The van der Waals surface area contributed by atoms with Crippen molar-refractivity contribution in [2.45, 2.75) is 11.8 Å². The number of carboxylic acids is 1. The van der Waals surface area contributed by atoms with Crippen LogP contribution in [0, 0.1) is 6.92 Å². The molecular formula is C11H10N2O6S. The molecule has 9 heteroatoms. The molecule has 1 heterocycles. The molecule has 2 aromatic rings. The van der Waals surface area contributed by atoms with E-state index in [0.717, 1.165) is 18.2 Å². The van der Waals surface area contributed by atoms with Crippen molar-refractivity contribution in [3.8, 4) is 5.75 Å². The van der Waals surface area contributed by atoms with Crippen LogP contribution >= 0.6 is 0 Å². The van der Waals surface area contributed by atoms with Gasteiger partial charge in [-0.05, 0) is 25.1 Å². The molecule has 1 aromatic carbocycles. The van der Waals surface area contributed by atoms with E-state index in [9.17, 15) is 18.3 Å². The molecule has 1 aromatic heterocycles. The molecule has 8 nitrogen and oxygen atoms in total. The van der Waals surface area contributed by atoms with E-state index in [1.54, 1.807) is 6.92 Å². The zero-order chi connectivity index (χ0) is 14.9. The van der Waals surface area contributed by atoms with Gasteiger partial charge in [-0.15, -0.1) is 0 Å². The maximum Gasteiger partial charge on any atom is 0.339 e. The fourth-order valence-electron chi connectivity index (χ4n) is 1.46. The van der Waals surface area contributed by atoms with E-state index in [1.165, 1.54) is 6.07 Å². The summed E-state index contributed by atoms with van der Waals surface area (Å²) in [5, 5.41) is 21.7. The smallest absolute Gasteiger partial charge is 0.339 e. The van der Waals surface area contributed by atoms with E-state index in [-0.39, 0.29) is 10.7 Å². The van der Waals surface area contributed by atoms with E-state index in [4.69, 9.17) is 9.63 Å². The number of nitrogens with one attached hydrogen (secondary N) is 1. The molecule has 3 N–H and O–H groups in total. The van der Waals surface area contributed by atoms with Gasteiger partial charge in [0.15, 0.2) is 5.82 Å². The molecule has 0 saturated carbocycles. The van der Waals surface area contributed by atoms with Crippen molar-refractivity contribution in [1.82, 2.24) is 5.16 Å². The predicted molar refractivity (Wildman–Crippen MR) is 67.1 cm³/mol. The van der Waals surface area contributed by atoms with Crippen LogP contribution < -0.4 is 4.72 Å². The van der Waals surface area contributed by atoms with Gasteiger partial charge in [-0.25, -0.2) is 13.2 Å². The minimum Gasteiger partial charge on any atom is -0.507 e. The van der Waals surface area contributed by atoms with Gasteiger partial charge in [0.1, 0.15) is 17.1 Å². The summed E-state index contributed by atoms with van der Waals surface area (Å²) < 4.78 is 30.9. The molecule has 0 atom stereocenters. The molecule has 0 saturated heterocycles. The van der Waals surface area contributed by atoms with Crippen LogP contribution in [0.5, 0.6) is 5.75 Å². The fourth-order valence-corrected chi connectivity index (χ4v) is 2.47. The summed E-state index contributed by atoms with van der Waals surface area (Å²) in [7, 11) is -4.02. The minimum atomic E-state index is -4.02. The highest BCUT2D eigenvalue weighted by Gasteiger charge is 2.20. The number of anilines is 1. The SMILES string of the molecule is Cc1cc(NS(=O)(=O)c2ccc(O)c(C(=O)O)c2)no1. The van der Waals surface area contributed by atoms with Gasteiger partial charge in [0, 0.05) is 6.07 Å². The van der Waals surface area contributed by atoms with Gasteiger partial charge >= 0.3 is 5.97 Å². The normalized spacial score (nSPS) is 11.2. The first-order chi connectivity index (χ1) is 9.29. The Morgan fingerprint density at radius 2 is 2.05 bits per heavy atom. The number of hydrogen-bond acceptors (Lipinski definition) is 6. The van der Waals surface area contributed by atoms with Crippen molar-refractivity contribution in [2.24, 2.45) is 0 Å². The monoisotopic (exact) mass is 298 g/mol. The number of aryl methyl sites for hydroxylation is 1. The van der Waals surface area contributed by atoms with E-state index in [0.29, 0.717) is 5.76 Å². The molecule has 0 fully saturated rings. The molecule has 0 aliphatic heterocycles. The number of aromatic hydroxyl groups is 1. The average Bonchev–Trinajstić information content (AvgIpc) is 2.73. The molecule has 20 heavy (non-hydrogen) atoms. The Kier molecular flexibility index (Phi) is 3.36. The maximum atomic E-state index is 12.0. The topological polar surface area (TPSA) is 130 Å². The molecule has 0 aliphatic rings. The lowest BCUT2D eigenvalue weighted by atomic mass is 10.2. The Bertz CT molecular complexity index is 765. The van der Waals surface area contributed by atoms with Gasteiger partial charge in [0.25, 0.3) is 10.0 Å². The summed E-state index contributed by atoms with van der Waals surface area (Å²) in [6, 6.07) is 4.30. The summed E-state index contributed by atoms with van der Waals surface area (Å²) in [4.78, 5) is 10.5. The van der Waals surface area contributed by atoms with Crippen LogP contribution in [0.3, 0.4) is 0 Å². The Labute approximate surface area is 113 Å².